The molecule has 1 aliphatic rings. The molecule has 190 valence electrons. The van der Waals surface area contributed by atoms with E-state index in [1.54, 1.807) is 54.8 Å². The number of nitrogens with zero attached hydrogens (tertiary/aromatic N) is 2. The van der Waals surface area contributed by atoms with E-state index in [2.05, 4.69) is 5.32 Å². The Kier molecular flexibility index (Phi) is 8.64. The van der Waals surface area contributed by atoms with Crippen molar-refractivity contribution in [3.05, 3.63) is 53.6 Å². The molecule has 1 fully saturated rings. The second-order valence-electron chi connectivity index (χ2n) is 9.83. The second-order valence-corrected chi connectivity index (χ2v) is 9.83. The fraction of sp³-hybridized carbons (Fsp3) is 0.500. The third kappa shape index (κ3) is 7.63. The Bertz CT molecular complexity index is 1060. The maximum absolute atomic E-state index is 13.8. The van der Waals surface area contributed by atoms with Gasteiger partial charge in [-0.15, -0.1) is 0 Å². The lowest BCUT2D eigenvalue weighted by atomic mass is 10.0. The minimum absolute atomic E-state index is 0.0280. The lowest BCUT2D eigenvalue weighted by Gasteiger charge is -2.34. The van der Waals surface area contributed by atoms with Crippen molar-refractivity contribution in [1.29, 1.82) is 0 Å². The van der Waals surface area contributed by atoms with Gasteiger partial charge in [-0.05, 0) is 63.8 Å². The molecule has 1 saturated heterocycles. The van der Waals surface area contributed by atoms with Gasteiger partial charge in [-0.2, -0.15) is 0 Å². The summed E-state index contributed by atoms with van der Waals surface area (Å²) in [6.45, 7) is 5.68. The first-order valence-electron chi connectivity index (χ1n) is 11.9. The third-order valence-electron chi connectivity index (χ3n) is 5.65. The SMILES string of the molecule is CC(C)(C)OC(=O)N1CCC[C@H](NC(=O)c2cn(-c3cccc(F)c3)cc2CC(=O)CCCF)C1. The van der Waals surface area contributed by atoms with Gasteiger partial charge in [0.05, 0.1) is 12.2 Å². The summed E-state index contributed by atoms with van der Waals surface area (Å²) in [5, 5.41) is 2.97. The van der Waals surface area contributed by atoms with E-state index in [0.717, 1.165) is 0 Å². The topological polar surface area (TPSA) is 80.6 Å². The largest absolute Gasteiger partial charge is 0.444 e. The molecule has 1 aliphatic heterocycles. The van der Waals surface area contributed by atoms with Crippen LogP contribution in [0.15, 0.2) is 36.7 Å². The van der Waals surface area contributed by atoms with Crippen molar-refractivity contribution in [3.63, 3.8) is 0 Å². The molecule has 9 heteroatoms. The molecule has 0 bridgehead atoms. The van der Waals surface area contributed by atoms with Crippen LogP contribution in [0.1, 0.15) is 62.4 Å². The van der Waals surface area contributed by atoms with E-state index >= 15 is 0 Å². The highest BCUT2D eigenvalue weighted by molar-refractivity contribution is 5.97. The number of ketones is 1. The van der Waals surface area contributed by atoms with E-state index in [0.29, 0.717) is 37.2 Å². The molecule has 0 spiro atoms. The number of aromatic nitrogens is 1. The van der Waals surface area contributed by atoms with Gasteiger partial charge in [-0.3, -0.25) is 14.0 Å². The minimum atomic E-state index is -0.614. The predicted octanol–water partition coefficient (Wildman–Crippen LogP) is 4.61. The van der Waals surface area contributed by atoms with Gasteiger partial charge < -0.3 is 19.5 Å². The number of piperidine rings is 1. The van der Waals surface area contributed by atoms with Crippen molar-refractivity contribution >= 4 is 17.8 Å². The Morgan fingerprint density at radius 1 is 1.20 bits per heavy atom. The van der Waals surface area contributed by atoms with E-state index < -0.39 is 24.2 Å². The number of amides is 2. The number of benzene rings is 1. The number of Topliss-reactive ketones (excluding diaryl/α,β-unsaturated/α-hetero) is 1. The molecule has 0 saturated carbocycles. The lowest BCUT2D eigenvalue weighted by molar-refractivity contribution is -0.118. The van der Waals surface area contributed by atoms with Crippen LogP contribution >= 0.6 is 0 Å². The Morgan fingerprint density at radius 3 is 2.66 bits per heavy atom. The Balaban J connectivity index is 1.77. The number of likely N-dealkylation sites (tertiary alicyclic amines) is 1. The summed E-state index contributed by atoms with van der Waals surface area (Å²) in [5.74, 6) is -0.987. The van der Waals surface area contributed by atoms with Gasteiger partial charge in [0.2, 0.25) is 0 Å². The van der Waals surface area contributed by atoms with Gasteiger partial charge in [0, 0.05) is 50.1 Å². The number of carbonyl (C=O) groups excluding carboxylic acids is 3. The fourth-order valence-electron chi connectivity index (χ4n) is 4.04. The van der Waals surface area contributed by atoms with Crippen LogP contribution in [0.5, 0.6) is 0 Å². The van der Waals surface area contributed by atoms with E-state index in [1.807, 2.05) is 0 Å². The molecule has 1 aromatic carbocycles. The van der Waals surface area contributed by atoms with E-state index in [9.17, 15) is 23.2 Å². The summed E-state index contributed by atoms with van der Waals surface area (Å²) in [6, 6.07) is 5.62. The molecule has 0 aliphatic carbocycles. The number of alkyl halides is 1. The zero-order chi connectivity index (χ0) is 25.6. The van der Waals surface area contributed by atoms with Crippen LogP contribution in [0.25, 0.3) is 5.69 Å². The summed E-state index contributed by atoms with van der Waals surface area (Å²) in [7, 11) is 0. The van der Waals surface area contributed by atoms with Crippen LogP contribution in [0.4, 0.5) is 13.6 Å². The normalized spacial score (nSPS) is 16.1. The molecule has 1 aromatic heterocycles. The van der Waals surface area contributed by atoms with Crippen molar-refractivity contribution in [2.24, 2.45) is 0 Å². The molecule has 1 N–H and O–H groups in total. The molecule has 2 heterocycles. The van der Waals surface area contributed by atoms with Gasteiger partial charge in [-0.1, -0.05) is 6.07 Å². The predicted molar refractivity (Wildman–Crippen MR) is 128 cm³/mol. The molecule has 1 atom stereocenters. The van der Waals surface area contributed by atoms with Crippen molar-refractivity contribution in [3.8, 4) is 5.69 Å². The summed E-state index contributed by atoms with van der Waals surface area (Å²) in [5.41, 5.74) is 0.666. The maximum Gasteiger partial charge on any atom is 0.410 e. The highest BCUT2D eigenvalue weighted by atomic mass is 19.1. The fourth-order valence-corrected chi connectivity index (χ4v) is 4.04. The van der Waals surface area contributed by atoms with E-state index in [4.69, 9.17) is 4.74 Å². The van der Waals surface area contributed by atoms with Crippen LogP contribution < -0.4 is 5.32 Å². The number of hydrogen-bond donors (Lipinski definition) is 1. The zero-order valence-corrected chi connectivity index (χ0v) is 20.5. The maximum atomic E-state index is 13.8. The highest BCUT2D eigenvalue weighted by Crippen LogP contribution is 2.20. The van der Waals surface area contributed by atoms with Gasteiger partial charge in [-0.25, -0.2) is 9.18 Å². The monoisotopic (exact) mass is 489 g/mol. The van der Waals surface area contributed by atoms with Crippen LogP contribution in [-0.2, 0) is 16.0 Å². The Labute approximate surface area is 204 Å². The molecule has 2 amide bonds. The minimum Gasteiger partial charge on any atom is -0.444 e. The quantitative estimate of drug-likeness (QED) is 0.587. The van der Waals surface area contributed by atoms with Gasteiger partial charge >= 0.3 is 6.09 Å². The number of ether oxygens (including phenoxy) is 1. The average Bonchev–Trinajstić information content (AvgIpc) is 3.20. The number of halogens is 2. The molecule has 0 radical (unpaired) electrons. The van der Waals surface area contributed by atoms with Crippen molar-refractivity contribution < 1.29 is 27.9 Å². The number of rotatable bonds is 8. The van der Waals surface area contributed by atoms with Crippen molar-refractivity contribution in [2.75, 3.05) is 19.8 Å². The average molecular weight is 490 g/mol. The highest BCUT2D eigenvalue weighted by Gasteiger charge is 2.29. The van der Waals surface area contributed by atoms with Crippen molar-refractivity contribution in [2.45, 2.75) is 64.5 Å². The molecule has 7 nitrogen and oxygen atoms in total. The van der Waals surface area contributed by atoms with E-state index in [-0.39, 0.29) is 42.6 Å². The summed E-state index contributed by atoms with van der Waals surface area (Å²) < 4.78 is 33.3. The molecule has 3 rings (SSSR count). The van der Waals surface area contributed by atoms with Crippen LogP contribution in [0, 0.1) is 5.82 Å². The third-order valence-corrected chi connectivity index (χ3v) is 5.65. The zero-order valence-electron chi connectivity index (χ0n) is 20.5. The van der Waals surface area contributed by atoms with Gasteiger partial charge in [0.15, 0.2) is 0 Å². The number of hydrogen-bond acceptors (Lipinski definition) is 4. The first-order chi connectivity index (χ1) is 16.6. The molecular weight excluding hydrogens is 456 g/mol. The molecular formula is C26H33F2N3O4. The molecule has 0 unspecified atom stereocenters. The lowest BCUT2D eigenvalue weighted by Crippen LogP contribution is -2.50. The summed E-state index contributed by atoms with van der Waals surface area (Å²) in [4.78, 5) is 39.6. The van der Waals surface area contributed by atoms with Crippen LogP contribution in [0.2, 0.25) is 0 Å². The van der Waals surface area contributed by atoms with Gasteiger partial charge in [0.1, 0.15) is 17.2 Å². The molecule has 35 heavy (non-hydrogen) atoms. The number of nitrogens with one attached hydrogen (secondary N) is 1. The van der Waals surface area contributed by atoms with Crippen LogP contribution in [0.3, 0.4) is 0 Å². The van der Waals surface area contributed by atoms with Crippen molar-refractivity contribution in [1.82, 2.24) is 14.8 Å². The first kappa shape index (κ1) is 26.4. The summed E-state index contributed by atoms with van der Waals surface area (Å²) >= 11 is 0. The summed E-state index contributed by atoms with van der Waals surface area (Å²) in [6.07, 6.45) is 4.36. The first-order valence-corrected chi connectivity index (χ1v) is 11.9. The Hall–Kier alpha value is -3.23. The second kappa shape index (κ2) is 11.5. The molecule has 2 aromatic rings. The van der Waals surface area contributed by atoms with Crippen LogP contribution in [-0.4, -0.2) is 58.7 Å². The standard InChI is InChI=1S/C26H33F2N3O4/c1-26(2,3)35-25(34)30-12-6-8-20(16-30)29-24(33)23-17-31(21-9-4-7-19(28)14-21)15-18(23)13-22(32)10-5-11-27/h4,7,9,14-15,17,20H,5-6,8,10-13,16H2,1-3H3,(H,29,33)/t20-/m0/s1. The smallest absolute Gasteiger partial charge is 0.410 e. The number of carbonyl (C=O) groups is 3. The van der Waals surface area contributed by atoms with Gasteiger partial charge in [0.25, 0.3) is 5.91 Å². The Morgan fingerprint density at radius 2 is 1.97 bits per heavy atom. The van der Waals surface area contributed by atoms with E-state index in [1.165, 1.54) is 12.1 Å².